The van der Waals surface area contributed by atoms with Gasteiger partial charge in [0.1, 0.15) is 0 Å². The monoisotopic (exact) mass is 428 g/mol. The minimum absolute atomic E-state index is 0.126. The summed E-state index contributed by atoms with van der Waals surface area (Å²) in [6.07, 6.45) is 4.25. The van der Waals surface area contributed by atoms with E-state index in [1.807, 2.05) is 0 Å². The van der Waals surface area contributed by atoms with Crippen LogP contribution in [0.2, 0.25) is 0 Å². The van der Waals surface area contributed by atoms with Crippen molar-refractivity contribution in [3.05, 3.63) is 0 Å². The van der Waals surface area contributed by atoms with Crippen molar-refractivity contribution in [2.75, 3.05) is 79.3 Å². The van der Waals surface area contributed by atoms with Crippen molar-refractivity contribution in [1.82, 2.24) is 0 Å². The van der Waals surface area contributed by atoms with Gasteiger partial charge in [-0.1, -0.05) is 27.7 Å². The molecule has 0 bridgehead atoms. The van der Waals surface area contributed by atoms with Crippen molar-refractivity contribution in [2.24, 2.45) is 21.7 Å². The summed E-state index contributed by atoms with van der Waals surface area (Å²) in [5.74, 6) is 0. The Morgan fingerprint density at radius 1 is 0.567 bits per heavy atom. The highest BCUT2D eigenvalue weighted by Gasteiger charge is 2.41. The molecule has 30 heavy (non-hydrogen) atoms. The van der Waals surface area contributed by atoms with Gasteiger partial charge in [-0.3, -0.25) is 0 Å². The summed E-state index contributed by atoms with van der Waals surface area (Å²) < 4.78 is 35.2. The second-order valence-electron chi connectivity index (χ2n) is 10.4. The largest absolute Gasteiger partial charge is 0.380 e. The predicted molar refractivity (Wildman–Crippen MR) is 116 cm³/mol. The molecule has 6 heteroatoms. The molecule has 3 saturated heterocycles. The van der Waals surface area contributed by atoms with Crippen LogP contribution in [-0.4, -0.2) is 79.3 Å². The van der Waals surface area contributed by atoms with Crippen LogP contribution < -0.4 is 0 Å². The molecule has 0 amide bonds. The zero-order valence-corrected chi connectivity index (χ0v) is 19.8. The Bertz CT molecular complexity index is 424. The molecule has 176 valence electrons. The number of ether oxygens (including phenoxy) is 6. The van der Waals surface area contributed by atoms with Crippen LogP contribution in [0.1, 0.15) is 53.4 Å². The molecule has 3 aliphatic heterocycles. The van der Waals surface area contributed by atoms with E-state index >= 15 is 0 Å². The molecule has 0 atom stereocenters. The average Bonchev–Trinajstić information content (AvgIpc) is 2.67. The van der Waals surface area contributed by atoms with Crippen LogP contribution >= 0.6 is 0 Å². The quantitative estimate of drug-likeness (QED) is 0.374. The summed E-state index contributed by atoms with van der Waals surface area (Å²) in [5.41, 5.74) is 0.476. The molecule has 6 nitrogen and oxygen atoms in total. The highest BCUT2D eigenvalue weighted by atomic mass is 16.5. The third-order valence-electron chi connectivity index (χ3n) is 7.90. The molecular formula is C24H44O6. The number of hydrogen-bond donors (Lipinski definition) is 0. The molecule has 0 unspecified atom stereocenters. The molecule has 0 aromatic carbocycles. The second-order valence-corrected chi connectivity index (χ2v) is 10.4. The van der Waals surface area contributed by atoms with E-state index in [0.717, 1.165) is 85.1 Å². The molecule has 0 aromatic heterocycles. The SMILES string of the molecule is CCC1(COCC(CC)(COCC2(CC)COC2)COCC2(CC)COC2)COC1. The summed E-state index contributed by atoms with van der Waals surface area (Å²) >= 11 is 0. The maximum Gasteiger partial charge on any atom is 0.0566 e. The van der Waals surface area contributed by atoms with E-state index in [0.29, 0.717) is 19.8 Å². The minimum Gasteiger partial charge on any atom is -0.380 e. The molecule has 3 aliphatic rings. The van der Waals surface area contributed by atoms with Crippen molar-refractivity contribution < 1.29 is 28.4 Å². The molecule has 0 saturated carbocycles. The Balaban J connectivity index is 1.53. The molecule has 0 spiro atoms. The van der Waals surface area contributed by atoms with Gasteiger partial charge in [-0.15, -0.1) is 0 Å². The van der Waals surface area contributed by atoms with E-state index in [9.17, 15) is 0 Å². The van der Waals surface area contributed by atoms with Gasteiger partial charge >= 0.3 is 0 Å². The first-order valence-corrected chi connectivity index (χ1v) is 11.9. The molecule has 0 aromatic rings. The fourth-order valence-corrected chi connectivity index (χ4v) is 4.22. The van der Waals surface area contributed by atoms with Gasteiger partial charge in [0, 0.05) is 21.7 Å². The standard InChI is InChI=1S/C24H44O6/c1-5-21(9-25-10-21)15-28-18-24(8-4,19-29-16-22(6-2)11-26-12-22)20-30-17-23(7-3)13-27-14-23/h5-20H2,1-4H3. The fraction of sp³-hybridized carbons (Fsp3) is 1.00. The van der Waals surface area contributed by atoms with Crippen molar-refractivity contribution in [3.8, 4) is 0 Å². The summed E-state index contributed by atoms with van der Waals surface area (Å²) in [5, 5.41) is 0. The first-order chi connectivity index (χ1) is 14.5. The van der Waals surface area contributed by atoms with E-state index in [4.69, 9.17) is 28.4 Å². The third-order valence-corrected chi connectivity index (χ3v) is 7.90. The molecule has 3 fully saturated rings. The van der Waals surface area contributed by atoms with Gasteiger partial charge in [0.2, 0.25) is 0 Å². The Labute approximate surface area is 183 Å². The average molecular weight is 429 g/mol. The lowest BCUT2D eigenvalue weighted by molar-refractivity contribution is -0.187. The van der Waals surface area contributed by atoms with Crippen LogP contribution in [-0.2, 0) is 28.4 Å². The maximum absolute atomic E-state index is 6.30. The summed E-state index contributed by atoms with van der Waals surface area (Å²) in [4.78, 5) is 0. The second kappa shape index (κ2) is 10.6. The van der Waals surface area contributed by atoms with Gasteiger partial charge in [0.25, 0.3) is 0 Å². The Kier molecular flexibility index (Phi) is 8.61. The van der Waals surface area contributed by atoms with Gasteiger partial charge < -0.3 is 28.4 Å². The third kappa shape index (κ3) is 5.57. The summed E-state index contributed by atoms with van der Waals surface area (Å²) in [7, 11) is 0. The summed E-state index contributed by atoms with van der Waals surface area (Å²) in [6, 6.07) is 0. The predicted octanol–water partition coefficient (Wildman–Crippen LogP) is 3.71. The first-order valence-electron chi connectivity index (χ1n) is 11.9. The van der Waals surface area contributed by atoms with Crippen molar-refractivity contribution in [2.45, 2.75) is 53.4 Å². The first kappa shape index (κ1) is 24.4. The minimum atomic E-state index is -0.126. The van der Waals surface area contributed by atoms with Gasteiger partial charge in [0.15, 0.2) is 0 Å². The molecule has 3 heterocycles. The van der Waals surface area contributed by atoms with Crippen LogP contribution in [0, 0.1) is 21.7 Å². The smallest absolute Gasteiger partial charge is 0.0566 e. The topological polar surface area (TPSA) is 55.4 Å². The van der Waals surface area contributed by atoms with E-state index in [-0.39, 0.29) is 21.7 Å². The van der Waals surface area contributed by atoms with Gasteiger partial charge in [0.05, 0.1) is 79.3 Å². The van der Waals surface area contributed by atoms with Crippen molar-refractivity contribution in [3.63, 3.8) is 0 Å². The Morgan fingerprint density at radius 3 is 1.03 bits per heavy atom. The normalized spacial score (nSPS) is 24.0. The molecule has 0 N–H and O–H groups in total. The van der Waals surface area contributed by atoms with Gasteiger partial charge in [-0.2, -0.15) is 0 Å². The Hall–Kier alpha value is -0.240. The molecular weight excluding hydrogens is 384 g/mol. The highest BCUT2D eigenvalue weighted by molar-refractivity contribution is 4.88. The van der Waals surface area contributed by atoms with Crippen LogP contribution in [0.5, 0.6) is 0 Å². The lowest BCUT2D eigenvalue weighted by atomic mass is 9.83. The summed E-state index contributed by atoms with van der Waals surface area (Å²) in [6.45, 7) is 18.0. The van der Waals surface area contributed by atoms with Crippen LogP contribution in [0.3, 0.4) is 0 Å². The van der Waals surface area contributed by atoms with E-state index in [1.165, 1.54) is 0 Å². The van der Waals surface area contributed by atoms with E-state index in [2.05, 4.69) is 27.7 Å². The zero-order valence-electron chi connectivity index (χ0n) is 19.8. The van der Waals surface area contributed by atoms with Gasteiger partial charge in [-0.05, 0) is 25.7 Å². The molecule has 0 aliphatic carbocycles. The van der Waals surface area contributed by atoms with Crippen LogP contribution in [0.25, 0.3) is 0 Å². The number of hydrogen-bond acceptors (Lipinski definition) is 6. The van der Waals surface area contributed by atoms with E-state index < -0.39 is 0 Å². The van der Waals surface area contributed by atoms with Crippen molar-refractivity contribution in [1.29, 1.82) is 0 Å². The van der Waals surface area contributed by atoms with Crippen molar-refractivity contribution >= 4 is 0 Å². The molecule has 3 rings (SSSR count). The lowest BCUT2D eigenvalue weighted by Gasteiger charge is -2.44. The van der Waals surface area contributed by atoms with Crippen LogP contribution in [0.15, 0.2) is 0 Å². The fourth-order valence-electron chi connectivity index (χ4n) is 4.22. The zero-order chi connectivity index (χ0) is 21.6. The number of rotatable bonds is 16. The Morgan fingerprint density at radius 2 is 0.867 bits per heavy atom. The molecule has 0 radical (unpaired) electrons. The van der Waals surface area contributed by atoms with Crippen LogP contribution in [0.4, 0.5) is 0 Å². The highest BCUT2D eigenvalue weighted by Crippen LogP contribution is 2.36. The lowest BCUT2D eigenvalue weighted by Crippen LogP contribution is -2.49. The van der Waals surface area contributed by atoms with Gasteiger partial charge in [-0.25, -0.2) is 0 Å². The van der Waals surface area contributed by atoms with E-state index in [1.54, 1.807) is 0 Å². The maximum atomic E-state index is 6.30.